The molecule has 0 radical (unpaired) electrons. The monoisotopic (exact) mass is 127 g/mol. The van der Waals surface area contributed by atoms with Crippen molar-refractivity contribution in [2.75, 3.05) is 5.43 Å². The van der Waals surface area contributed by atoms with Crippen molar-refractivity contribution in [2.45, 2.75) is 0 Å². The number of anilines is 1. The number of nitrogens with one attached hydrogen (secondary N) is 1. The zero-order valence-corrected chi connectivity index (χ0v) is 4.83. The van der Waals surface area contributed by atoms with Crippen LogP contribution in [0.4, 0.5) is 5.82 Å². The lowest BCUT2D eigenvalue weighted by molar-refractivity contribution is 0.824. The van der Waals surface area contributed by atoms with Gasteiger partial charge >= 0.3 is 0 Å². The van der Waals surface area contributed by atoms with Crippen LogP contribution in [0.5, 0.6) is 0 Å². The summed E-state index contributed by atoms with van der Waals surface area (Å²) >= 11 is 0. The summed E-state index contributed by atoms with van der Waals surface area (Å²) in [6, 6.07) is 5.49. The highest BCUT2D eigenvalue weighted by molar-refractivity contribution is 5.30. The molecule has 50 valence electrons. The van der Waals surface area contributed by atoms with Crippen molar-refractivity contribution < 1.29 is 5.48 Å². The van der Waals surface area contributed by atoms with Gasteiger partial charge in [-0.05, 0) is 12.1 Å². The van der Waals surface area contributed by atoms with Gasteiger partial charge in [0.15, 0.2) is 0 Å². The van der Waals surface area contributed by atoms with Gasteiger partial charge in [-0.2, -0.15) is 0 Å². The summed E-state index contributed by atoms with van der Waals surface area (Å²) in [5, 5.41) is 0. The van der Waals surface area contributed by atoms with E-state index in [2.05, 4.69) is 10.4 Å². The van der Waals surface area contributed by atoms with Crippen LogP contribution in [-0.4, -0.2) is 10.5 Å². The van der Waals surface area contributed by atoms with Gasteiger partial charge in [-0.15, -0.1) is 0 Å². The minimum Gasteiger partial charge on any atom is -0.412 e. The van der Waals surface area contributed by atoms with Crippen LogP contribution >= 0.6 is 0 Å². The SMILES string of the molecule is NNc1ccccn1.O. The molecule has 0 spiro atoms. The number of hydrazine groups is 1. The van der Waals surface area contributed by atoms with Crippen molar-refractivity contribution in [3.8, 4) is 0 Å². The molecular weight excluding hydrogens is 118 g/mol. The predicted molar refractivity (Wildman–Crippen MR) is 35.7 cm³/mol. The Hall–Kier alpha value is -1.13. The number of hydrogen-bond acceptors (Lipinski definition) is 3. The molecule has 9 heavy (non-hydrogen) atoms. The summed E-state index contributed by atoms with van der Waals surface area (Å²) in [4.78, 5) is 3.86. The largest absolute Gasteiger partial charge is 0.412 e. The quantitative estimate of drug-likeness (QED) is 0.395. The molecule has 0 saturated heterocycles. The van der Waals surface area contributed by atoms with Gasteiger partial charge in [0.2, 0.25) is 0 Å². The topological polar surface area (TPSA) is 82.4 Å². The second-order valence-corrected chi connectivity index (χ2v) is 1.36. The molecular formula is C5H9N3O. The molecule has 0 saturated carbocycles. The second kappa shape index (κ2) is 3.82. The Morgan fingerprint density at radius 1 is 1.44 bits per heavy atom. The van der Waals surface area contributed by atoms with Crippen molar-refractivity contribution in [3.05, 3.63) is 24.4 Å². The van der Waals surface area contributed by atoms with Gasteiger partial charge in [-0.3, -0.25) is 0 Å². The van der Waals surface area contributed by atoms with Gasteiger partial charge in [-0.25, -0.2) is 10.8 Å². The van der Waals surface area contributed by atoms with E-state index in [0.29, 0.717) is 5.82 Å². The molecule has 0 aromatic carbocycles. The van der Waals surface area contributed by atoms with E-state index in [1.807, 2.05) is 12.1 Å². The summed E-state index contributed by atoms with van der Waals surface area (Å²) in [5.41, 5.74) is 2.42. The standard InChI is InChI=1S/C5H7N3.H2O/c6-8-5-3-1-2-4-7-5;/h1-4H,6H2,(H,7,8);1H2. The summed E-state index contributed by atoms with van der Waals surface area (Å²) in [7, 11) is 0. The Morgan fingerprint density at radius 3 is 2.56 bits per heavy atom. The molecule has 0 aliphatic carbocycles. The second-order valence-electron chi connectivity index (χ2n) is 1.36. The van der Waals surface area contributed by atoms with Crippen molar-refractivity contribution >= 4 is 5.82 Å². The van der Waals surface area contributed by atoms with Crippen molar-refractivity contribution in [1.82, 2.24) is 4.98 Å². The zero-order valence-electron chi connectivity index (χ0n) is 4.83. The van der Waals surface area contributed by atoms with Crippen LogP contribution in [0, 0.1) is 0 Å². The zero-order chi connectivity index (χ0) is 5.82. The molecule has 0 amide bonds. The Kier molecular flexibility index (Phi) is 3.34. The van der Waals surface area contributed by atoms with Crippen LogP contribution in [0.25, 0.3) is 0 Å². The summed E-state index contributed by atoms with van der Waals surface area (Å²) in [5.74, 6) is 5.72. The molecule has 0 fully saturated rings. The van der Waals surface area contributed by atoms with Crippen molar-refractivity contribution in [2.24, 2.45) is 5.84 Å². The molecule has 0 aliphatic heterocycles. The molecule has 0 atom stereocenters. The fraction of sp³-hybridized carbons (Fsp3) is 0. The Balaban J connectivity index is 0.000000640. The molecule has 1 aromatic rings. The average molecular weight is 127 g/mol. The number of aromatic nitrogens is 1. The van der Waals surface area contributed by atoms with Gasteiger partial charge in [0.1, 0.15) is 5.82 Å². The highest BCUT2D eigenvalue weighted by Gasteiger charge is 1.79. The Morgan fingerprint density at radius 2 is 2.22 bits per heavy atom. The van der Waals surface area contributed by atoms with Gasteiger partial charge in [0.25, 0.3) is 0 Å². The van der Waals surface area contributed by atoms with E-state index in [1.54, 1.807) is 12.3 Å². The number of nitrogens with zero attached hydrogens (tertiary/aromatic N) is 1. The Bertz CT molecular complexity index is 154. The third-order valence-corrected chi connectivity index (χ3v) is 0.813. The van der Waals surface area contributed by atoms with Crippen LogP contribution in [0.3, 0.4) is 0 Å². The number of pyridine rings is 1. The lowest BCUT2D eigenvalue weighted by Gasteiger charge is -1.92. The van der Waals surface area contributed by atoms with E-state index in [4.69, 9.17) is 5.84 Å². The molecule has 0 bridgehead atoms. The first kappa shape index (κ1) is 7.87. The van der Waals surface area contributed by atoms with E-state index in [9.17, 15) is 0 Å². The van der Waals surface area contributed by atoms with Crippen LogP contribution in [-0.2, 0) is 0 Å². The van der Waals surface area contributed by atoms with E-state index < -0.39 is 0 Å². The number of nitrogens with two attached hydrogens (primary N) is 1. The fourth-order valence-electron chi connectivity index (χ4n) is 0.448. The van der Waals surface area contributed by atoms with Crippen LogP contribution in [0.2, 0.25) is 0 Å². The highest BCUT2D eigenvalue weighted by Crippen LogP contribution is 1.94. The maximum absolute atomic E-state index is 5.04. The first-order chi connectivity index (χ1) is 3.93. The molecule has 4 heteroatoms. The third-order valence-electron chi connectivity index (χ3n) is 0.813. The maximum atomic E-state index is 5.04. The highest BCUT2D eigenvalue weighted by atomic mass is 16.0. The molecule has 0 unspecified atom stereocenters. The first-order valence-corrected chi connectivity index (χ1v) is 2.31. The van der Waals surface area contributed by atoms with E-state index in [0.717, 1.165) is 0 Å². The smallest absolute Gasteiger partial charge is 0.139 e. The molecule has 1 aromatic heterocycles. The average Bonchev–Trinajstić information content (AvgIpc) is 1.90. The summed E-state index contributed by atoms with van der Waals surface area (Å²) in [6.07, 6.45) is 1.68. The van der Waals surface area contributed by atoms with Gasteiger partial charge < -0.3 is 10.9 Å². The Labute approximate surface area is 53.0 Å². The predicted octanol–water partition coefficient (Wildman–Crippen LogP) is -0.457. The minimum atomic E-state index is 0. The van der Waals surface area contributed by atoms with Crippen molar-refractivity contribution in [3.63, 3.8) is 0 Å². The lowest BCUT2D eigenvalue weighted by Crippen LogP contribution is -2.07. The van der Waals surface area contributed by atoms with Crippen LogP contribution < -0.4 is 11.3 Å². The molecule has 0 aliphatic rings. The normalized spacial score (nSPS) is 7.67. The van der Waals surface area contributed by atoms with Gasteiger partial charge in [0.05, 0.1) is 0 Å². The molecule has 1 heterocycles. The number of nitrogen functional groups attached to an aromatic ring is 1. The molecule has 4 nitrogen and oxygen atoms in total. The summed E-state index contributed by atoms with van der Waals surface area (Å²) in [6.45, 7) is 0. The van der Waals surface area contributed by atoms with E-state index in [1.165, 1.54) is 0 Å². The fourth-order valence-corrected chi connectivity index (χ4v) is 0.448. The number of hydrogen-bond donors (Lipinski definition) is 2. The number of rotatable bonds is 1. The van der Waals surface area contributed by atoms with Gasteiger partial charge in [-0.1, -0.05) is 6.07 Å². The van der Waals surface area contributed by atoms with E-state index in [-0.39, 0.29) is 5.48 Å². The molecule has 1 rings (SSSR count). The van der Waals surface area contributed by atoms with Gasteiger partial charge in [0, 0.05) is 6.20 Å². The maximum Gasteiger partial charge on any atom is 0.139 e. The minimum absolute atomic E-state index is 0. The lowest BCUT2D eigenvalue weighted by atomic mass is 10.5. The third kappa shape index (κ3) is 2.07. The molecule has 5 N–H and O–H groups in total. The van der Waals surface area contributed by atoms with Crippen LogP contribution in [0.1, 0.15) is 0 Å². The van der Waals surface area contributed by atoms with E-state index >= 15 is 0 Å². The summed E-state index contributed by atoms with van der Waals surface area (Å²) < 4.78 is 0. The van der Waals surface area contributed by atoms with Crippen LogP contribution in [0.15, 0.2) is 24.4 Å². The first-order valence-electron chi connectivity index (χ1n) is 2.31. The van der Waals surface area contributed by atoms with Crippen molar-refractivity contribution in [1.29, 1.82) is 0 Å².